The van der Waals surface area contributed by atoms with Crippen LogP contribution < -0.4 is 9.47 Å². The first-order chi connectivity index (χ1) is 11.7. The van der Waals surface area contributed by atoms with E-state index in [1.54, 1.807) is 14.2 Å². The van der Waals surface area contributed by atoms with E-state index in [9.17, 15) is 0 Å². The van der Waals surface area contributed by atoms with Gasteiger partial charge in [0, 0.05) is 10.8 Å². The fourth-order valence-corrected chi connectivity index (χ4v) is 3.10. The molecule has 5 nitrogen and oxygen atoms in total. The van der Waals surface area contributed by atoms with Crippen molar-refractivity contribution >= 4 is 11.8 Å². The molecule has 1 aromatic heterocycles. The largest absolute Gasteiger partial charge is 0.493 e. The van der Waals surface area contributed by atoms with Crippen LogP contribution in [0.1, 0.15) is 17.7 Å². The maximum absolute atomic E-state index is 5.78. The van der Waals surface area contributed by atoms with Crippen LogP contribution in [0, 0.1) is 0 Å². The summed E-state index contributed by atoms with van der Waals surface area (Å²) in [7, 11) is 3.20. The smallest absolute Gasteiger partial charge is 0.277 e. The second kappa shape index (κ2) is 7.40. The first-order valence-corrected chi connectivity index (χ1v) is 8.36. The van der Waals surface area contributed by atoms with Gasteiger partial charge in [-0.15, -0.1) is 10.2 Å². The summed E-state index contributed by atoms with van der Waals surface area (Å²) < 4.78 is 16.3. The number of hydrogen-bond donors (Lipinski definition) is 0. The first kappa shape index (κ1) is 16.4. The van der Waals surface area contributed by atoms with Gasteiger partial charge in [0.2, 0.25) is 5.89 Å². The minimum absolute atomic E-state index is 0.227. The molecule has 24 heavy (non-hydrogen) atoms. The molecule has 0 bridgehead atoms. The predicted octanol–water partition coefficient (Wildman–Crippen LogP) is 4.61. The van der Waals surface area contributed by atoms with Crippen molar-refractivity contribution in [3.63, 3.8) is 0 Å². The molecule has 1 heterocycles. The fraction of sp³-hybridized carbons (Fsp3) is 0.222. The Kier molecular flexibility index (Phi) is 5.05. The summed E-state index contributed by atoms with van der Waals surface area (Å²) in [5.74, 6) is 1.74. The van der Waals surface area contributed by atoms with Crippen LogP contribution in [0.3, 0.4) is 0 Å². The third kappa shape index (κ3) is 3.54. The number of nitrogens with zero attached hydrogens (tertiary/aromatic N) is 2. The molecule has 0 spiro atoms. The molecular weight excluding hydrogens is 324 g/mol. The number of benzene rings is 2. The van der Waals surface area contributed by atoms with Gasteiger partial charge >= 0.3 is 0 Å². The van der Waals surface area contributed by atoms with E-state index in [1.807, 2.05) is 36.4 Å². The van der Waals surface area contributed by atoms with Crippen LogP contribution in [0.2, 0.25) is 0 Å². The van der Waals surface area contributed by atoms with Gasteiger partial charge in [-0.05, 0) is 30.7 Å². The van der Waals surface area contributed by atoms with Crippen LogP contribution in [0.5, 0.6) is 11.5 Å². The van der Waals surface area contributed by atoms with E-state index >= 15 is 0 Å². The SMILES string of the molecule is COc1ccc(-c2nnc(S[C@H](C)c3ccccc3)o2)cc1OC. The molecule has 2 aromatic carbocycles. The molecule has 0 saturated heterocycles. The molecule has 3 aromatic rings. The quantitative estimate of drug-likeness (QED) is 0.610. The summed E-state index contributed by atoms with van der Waals surface area (Å²) in [4.78, 5) is 0. The number of ether oxygens (including phenoxy) is 2. The van der Waals surface area contributed by atoms with Crippen molar-refractivity contribution in [3.05, 3.63) is 54.1 Å². The summed E-state index contributed by atoms with van der Waals surface area (Å²) in [6.45, 7) is 2.11. The van der Waals surface area contributed by atoms with Gasteiger partial charge in [-0.1, -0.05) is 42.1 Å². The lowest BCUT2D eigenvalue weighted by Crippen LogP contribution is -1.90. The van der Waals surface area contributed by atoms with Gasteiger partial charge in [0.1, 0.15) is 0 Å². The molecule has 0 amide bonds. The molecule has 0 aliphatic heterocycles. The molecule has 0 unspecified atom stereocenters. The van der Waals surface area contributed by atoms with E-state index in [2.05, 4.69) is 29.3 Å². The Morgan fingerprint density at radius 3 is 2.42 bits per heavy atom. The van der Waals surface area contributed by atoms with Crippen molar-refractivity contribution < 1.29 is 13.9 Å². The number of rotatable bonds is 6. The highest BCUT2D eigenvalue weighted by Crippen LogP contribution is 2.36. The topological polar surface area (TPSA) is 57.4 Å². The Bertz CT molecular complexity index is 805. The van der Waals surface area contributed by atoms with Crippen molar-refractivity contribution in [2.75, 3.05) is 14.2 Å². The average molecular weight is 342 g/mol. The Morgan fingerprint density at radius 1 is 0.958 bits per heavy atom. The molecule has 0 N–H and O–H groups in total. The van der Waals surface area contributed by atoms with Crippen molar-refractivity contribution in [1.82, 2.24) is 10.2 Å². The van der Waals surface area contributed by atoms with Crippen molar-refractivity contribution in [3.8, 4) is 23.0 Å². The molecule has 124 valence electrons. The van der Waals surface area contributed by atoms with E-state index in [0.717, 1.165) is 5.56 Å². The summed E-state index contributed by atoms with van der Waals surface area (Å²) in [6.07, 6.45) is 0. The van der Waals surface area contributed by atoms with Crippen LogP contribution in [0.15, 0.2) is 58.2 Å². The molecule has 3 rings (SSSR count). The second-order valence-corrected chi connectivity index (χ2v) is 6.41. The minimum Gasteiger partial charge on any atom is -0.493 e. The zero-order chi connectivity index (χ0) is 16.9. The van der Waals surface area contributed by atoms with Crippen LogP contribution in [-0.2, 0) is 0 Å². The Labute approximate surface area is 145 Å². The average Bonchev–Trinajstić information content (AvgIpc) is 3.10. The number of methoxy groups -OCH3 is 2. The third-order valence-corrected chi connectivity index (χ3v) is 4.58. The molecular formula is C18H18N2O3S. The maximum Gasteiger partial charge on any atom is 0.277 e. The predicted molar refractivity (Wildman–Crippen MR) is 93.6 cm³/mol. The summed E-state index contributed by atoms with van der Waals surface area (Å²) >= 11 is 1.53. The van der Waals surface area contributed by atoms with Crippen LogP contribution in [0.4, 0.5) is 0 Å². The number of hydrogen-bond acceptors (Lipinski definition) is 6. The van der Waals surface area contributed by atoms with Gasteiger partial charge in [0.05, 0.1) is 14.2 Å². The van der Waals surface area contributed by atoms with Gasteiger partial charge in [0.25, 0.3) is 5.22 Å². The summed E-state index contributed by atoms with van der Waals surface area (Å²) in [5, 5.41) is 9.03. The highest BCUT2D eigenvalue weighted by atomic mass is 32.2. The molecule has 0 aliphatic rings. The van der Waals surface area contributed by atoms with Crippen molar-refractivity contribution in [2.24, 2.45) is 0 Å². The maximum atomic E-state index is 5.78. The molecule has 6 heteroatoms. The molecule has 0 saturated carbocycles. The monoisotopic (exact) mass is 342 g/mol. The Morgan fingerprint density at radius 2 is 1.71 bits per heavy atom. The van der Waals surface area contributed by atoms with E-state index < -0.39 is 0 Å². The lowest BCUT2D eigenvalue weighted by atomic mass is 10.2. The van der Waals surface area contributed by atoms with Crippen molar-refractivity contribution in [2.45, 2.75) is 17.4 Å². The van der Waals surface area contributed by atoms with Gasteiger partial charge in [0.15, 0.2) is 11.5 Å². The van der Waals surface area contributed by atoms with E-state index in [0.29, 0.717) is 22.6 Å². The van der Waals surface area contributed by atoms with Crippen LogP contribution in [-0.4, -0.2) is 24.4 Å². The lowest BCUT2D eigenvalue weighted by Gasteiger charge is -2.08. The van der Waals surface area contributed by atoms with Crippen LogP contribution >= 0.6 is 11.8 Å². The third-order valence-electron chi connectivity index (χ3n) is 3.58. The second-order valence-electron chi connectivity index (χ2n) is 5.11. The highest BCUT2D eigenvalue weighted by Gasteiger charge is 2.15. The zero-order valence-corrected chi connectivity index (χ0v) is 14.5. The van der Waals surface area contributed by atoms with Crippen LogP contribution in [0.25, 0.3) is 11.5 Å². The summed E-state index contributed by atoms with van der Waals surface area (Å²) in [5.41, 5.74) is 2.01. The molecule has 1 atom stereocenters. The molecule has 0 aliphatic carbocycles. The molecule has 0 radical (unpaired) electrons. The van der Waals surface area contributed by atoms with Gasteiger partial charge in [-0.3, -0.25) is 0 Å². The Hall–Kier alpha value is -2.47. The van der Waals surface area contributed by atoms with Gasteiger partial charge < -0.3 is 13.9 Å². The van der Waals surface area contributed by atoms with Gasteiger partial charge in [-0.25, -0.2) is 0 Å². The highest BCUT2D eigenvalue weighted by molar-refractivity contribution is 7.99. The Balaban J connectivity index is 1.78. The van der Waals surface area contributed by atoms with E-state index in [4.69, 9.17) is 13.9 Å². The van der Waals surface area contributed by atoms with E-state index in [1.165, 1.54) is 17.3 Å². The fourth-order valence-electron chi connectivity index (χ4n) is 2.29. The number of aromatic nitrogens is 2. The number of thioether (sulfide) groups is 1. The van der Waals surface area contributed by atoms with Crippen molar-refractivity contribution in [1.29, 1.82) is 0 Å². The first-order valence-electron chi connectivity index (χ1n) is 7.48. The standard InChI is InChI=1S/C18H18N2O3S/c1-12(13-7-5-4-6-8-13)24-18-20-19-17(23-18)14-9-10-15(21-2)16(11-14)22-3/h4-12H,1-3H3/t12-/m1/s1. The molecule has 0 fully saturated rings. The lowest BCUT2D eigenvalue weighted by molar-refractivity contribution is 0.355. The normalized spacial score (nSPS) is 12.0. The van der Waals surface area contributed by atoms with E-state index in [-0.39, 0.29) is 5.25 Å². The minimum atomic E-state index is 0.227. The zero-order valence-electron chi connectivity index (χ0n) is 13.7. The summed E-state index contributed by atoms with van der Waals surface area (Å²) in [6, 6.07) is 15.7. The van der Waals surface area contributed by atoms with Gasteiger partial charge in [-0.2, -0.15) is 0 Å².